The lowest BCUT2D eigenvalue weighted by molar-refractivity contribution is -0.139. The van der Waals surface area contributed by atoms with Crippen molar-refractivity contribution in [2.24, 2.45) is 0 Å². The summed E-state index contributed by atoms with van der Waals surface area (Å²) >= 11 is 24.3. The average molecular weight is 583 g/mol. The molecule has 192 valence electrons. The number of halogens is 4. The summed E-state index contributed by atoms with van der Waals surface area (Å²) in [6.45, 7) is 3.44. The van der Waals surface area contributed by atoms with Gasteiger partial charge >= 0.3 is 0 Å². The van der Waals surface area contributed by atoms with E-state index in [-0.39, 0.29) is 28.2 Å². The molecule has 0 aromatic heterocycles. The van der Waals surface area contributed by atoms with E-state index in [2.05, 4.69) is 5.32 Å². The highest BCUT2D eigenvalue weighted by Gasteiger charge is 2.30. The highest BCUT2D eigenvalue weighted by atomic mass is 35.5. The van der Waals surface area contributed by atoms with Gasteiger partial charge in [0, 0.05) is 23.1 Å². The molecule has 1 N–H and O–H groups in total. The van der Waals surface area contributed by atoms with E-state index in [1.807, 2.05) is 6.92 Å². The number of hydrogen-bond donors (Lipinski definition) is 1. The molecule has 12 heteroatoms. The van der Waals surface area contributed by atoms with Crippen molar-refractivity contribution in [1.82, 2.24) is 10.2 Å². The molecule has 7 nitrogen and oxygen atoms in total. The van der Waals surface area contributed by atoms with E-state index in [0.717, 1.165) is 23.4 Å². The van der Waals surface area contributed by atoms with Crippen LogP contribution in [-0.4, -0.2) is 50.5 Å². The second-order valence-corrected chi connectivity index (χ2v) is 11.5. The Labute approximate surface area is 226 Å². The summed E-state index contributed by atoms with van der Waals surface area (Å²) in [6, 6.07) is 8.16. The quantitative estimate of drug-likeness (QED) is 0.359. The van der Waals surface area contributed by atoms with Crippen molar-refractivity contribution >= 4 is 73.9 Å². The summed E-state index contributed by atoms with van der Waals surface area (Å²) in [5.74, 6) is -0.969. The molecule has 1 atom stereocenters. The van der Waals surface area contributed by atoms with Gasteiger partial charge < -0.3 is 10.2 Å². The van der Waals surface area contributed by atoms with Gasteiger partial charge in [-0.2, -0.15) is 0 Å². The minimum absolute atomic E-state index is 0.0316. The largest absolute Gasteiger partial charge is 0.354 e. The third-order valence-electron chi connectivity index (χ3n) is 5.22. The minimum atomic E-state index is -3.89. The van der Waals surface area contributed by atoms with Crippen LogP contribution in [0.5, 0.6) is 0 Å². The topological polar surface area (TPSA) is 86.8 Å². The van der Waals surface area contributed by atoms with Crippen LogP contribution in [0.3, 0.4) is 0 Å². The molecule has 0 aliphatic rings. The number of hydrogen-bond acceptors (Lipinski definition) is 4. The predicted molar refractivity (Wildman–Crippen MR) is 143 cm³/mol. The van der Waals surface area contributed by atoms with Gasteiger partial charge in [0.05, 0.1) is 22.0 Å². The standard InChI is InChI=1S/C23H27Cl4N3O4S/c1-4-5-10-28-23(32)15(2)29(13-16-6-7-17(24)11-20(16)26)22(31)14-30(35(3,33)34)18-8-9-19(25)21(27)12-18/h6-9,11-12,15H,4-5,10,13-14H2,1-3H3,(H,28,32). The van der Waals surface area contributed by atoms with E-state index in [9.17, 15) is 18.0 Å². The zero-order valence-corrected chi connectivity index (χ0v) is 23.4. The van der Waals surface area contributed by atoms with Crippen LogP contribution in [0, 0.1) is 0 Å². The SMILES string of the molecule is CCCCNC(=O)C(C)N(Cc1ccc(Cl)cc1Cl)C(=O)CN(c1ccc(Cl)c(Cl)c1)S(C)(=O)=O. The van der Waals surface area contributed by atoms with Crippen LogP contribution in [0.2, 0.25) is 20.1 Å². The lowest BCUT2D eigenvalue weighted by atomic mass is 10.1. The molecule has 0 bridgehead atoms. The minimum Gasteiger partial charge on any atom is -0.354 e. The number of nitrogens with one attached hydrogen (secondary N) is 1. The Hall–Kier alpha value is -1.71. The maximum Gasteiger partial charge on any atom is 0.244 e. The summed E-state index contributed by atoms with van der Waals surface area (Å²) in [7, 11) is -3.89. The number of unbranched alkanes of at least 4 members (excludes halogenated alkanes) is 1. The molecular weight excluding hydrogens is 556 g/mol. The Kier molecular flexibility index (Phi) is 11.0. The average Bonchev–Trinajstić information content (AvgIpc) is 2.77. The monoisotopic (exact) mass is 581 g/mol. The van der Waals surface area contributed by atoms with Crippen molar-refractivity contribution in [3.63, 3.8) is 0 Å². The molecule has 0 fully saturated rings. The van der Waals surface area contributed by atoms with Crippen molar-refractivity contribution < 1.29 is 18.0 Å². The van der Waals surface area contributed by atoms with E-state index in [0.29, 0.717) is 22.2 Å². The molecule has 0 saturated carbocycles. The molecule has 0 heterocycles. The maximum absolute atomic E-state index is 13.5. The maximum atomic E-state index is 13.5. The summed E-state index contributed by atoms with van der Waals surface area (Å²) in [4.78, 5) is 27.6. The Morgan fingerprint density at radius 2 is 1.69 bits per heavy atom. The first-order valence-corrected chi connectivity index (χ1v) is 14.1. The number of carbonyl (C=O) groups excluding carboxylic acids is 2. The lowest BCUT2D eigenvalue weighted by Gasteiger charge is -2.31. The summed E-state index contributed by atoms with van der Waals surface area (Å²) in [5.41, 5.74) is 0.720. The molecule has 2 amide bonds. The van der Waals surface area contributed by atoms with Crippen molar-refractivity contribution in [3.05, 3.63) is 62.1 Å². The van der Waals surface area contributed by atoms with Crippen LogP contribution < -0.4 is 9.62 Å². The number of benzene rings is 2. The molecule has 0 aliphatic carbocycles. The van der Waals surface area contributed by atoms with Crippen molar-refractivity contribution in [2.75, 3.05) is 23.7 Å². The molecule has 0 aliphatic heterocycles. The van der Waals surface area contributed by atoms with Crippen LogP contribution in [0.4, 0.5) is 5.69 Å². The van der Waals surface area contributed by atoms with Crippen molar-refractivity contribution in [2.45, 2.75) is 39.3 Å². The van der Waals surface area contributed by atoms with Gasteiger partial charge in [0.1, 0.15) is 12.6 Å². The van der Waals surface area contributed by atoms with Crippen LogP contribution in [0.25, 0.3) is 0 Å². The first kappa shape index (κ1) is 29.5. The second kappa shape index (κ2) is 13.0. The van der Waals surface area contributed by atoms with Crippen molar-refractivity contribution in [3.8, 4) is 0 Å². The van der Waals surface area contributed by atoms with Gasteiger partial charge in [-0.05, 0) is 49.2 Å². The fourth-order valence-corrected chi connectivity index (χ4v) is 4.81. The fourth-order valence-electron chi connectivity index (χ4n) is 3.21. The number of amides is 2. The van der Waals surface area contributed by atoms with E-state index < -0.39 is 28.5 Å². The Bertz CT molecular complexity index is 1180. The molecule has 2 aromatic carbocycles. The number of sulfonamides is 1. The first-order chi connectivity index (χ1) is 16.3. The predicted octanol–water partition coefficient (Wildman–Crippen LogP) is 5.40. The molecule has 2 rings (SSSR count). The third kappa shape index (κ3) is 8.43. The Morgan fingerprint density at radius 3 is 2.26 bits per heavy atom. The molecule has 0 saturated heterocycles. The van der Waals surface area contributed by atoms with Gasteiger partial charge in [-0.3, -0.25) is 13.9 Å². The smallest absolute Gasteiger partial charge is 0.244 e. The molecule has 35 heavy (non-hydrogen) atoms. The second-order valence-electron chi connectivity index (χ2n) is 7.95. The summed E-state index contributed by atoms with van der Waals surface area (Å²) in [6.07, 6.45) is 2.66. The number of anilines is 1. The first-order valence-electron chi connectivity index (χ1n) is 10.8. The summed E-state index contributed by atoms with van der Waals surface area (Å²) in [5, 5.41) is 3.93. The lowest BCUT2D eigenvalue weighted by Crippen LogP contribution is -2.51. The van der Waals surface area contributed by atoms with E-state index >= 15 is 0 Å². The van der Waals surface area contributed by atoms with Gasteiger partial charge in [0.25, 0.3) is 0 Å². The van der Waals surface area contributed by atoms with Crippen LogP contribution in [0.15, 0.2) is 36.4 Å². The summed E-state index contributed by atoms with van der Waals surface area (Å²) < 4.78 is 26.1. The number of rotatable bonds is 11. The molecule has 0 spiro atoms. The fraction of sp³-hybridized carbons (Fsp3) is 0.391. The van der Waals surface area contributed by atoms with Crippen LogP contribution >= 0.6 is 46.4 Å². The molecular formula is C23H27Cl4N3O4S. The number of nitrogens with zero attached hydrogens (tertiary/aromatic N) is 2. The van der Waals surface area contributed by atoms with E-state index in [1.54, 1.807) is 19.1 Å². The van der Waals surface area contributed by atoms with Gasteiger partial charge in [0.2, 0.25) is 21.8 Å². The van der Waals surface area contributed by atoms with E-state index in [4.69, 9.17) is 46.4 Å². The Morgan fingerprint density at radius 1 is 1.00 bits per heavy atom. The van der Waals surface area contributed by atoms with Gasteiger partial charge in [-0.1, -0.05) is 65.8 Å². The zero-order valence-electron chi connectivity index (χ0n) is 19.5. The Balaban J connectivity index is 2.40. The zero-order chi connectivity index (χ0) is 26.3. The van der Waals surface area contributed by atoms with Gasteiger partial charge in [0.15, 0.2) is 0 Å². The van der Waals surface area contributed by atoms with Crippen LogP contribution in [0.1, 0.15) is 32.3 Å². The van der Waals surface area contributed by atoms with Crippen molar-refractivity contribution in [1.29, 1.82) is 0 Å². The van der Waals surface area contributed by atoms with E-state index in [1.165, 1.54) is 29.2 Å². The highest BCUT2D eigenvalue weighted by Crippen LogP contribution is 2.29. The third-order valence-corrected chi connectivity index (χ3v) is 7.69. The number of carbonyl (C=O) groups is 2. The molecule has 2 aromatic rings. The molecule has 1 unspecified atom stereocenters. The van der Waals surface area contributed by atoms with Gasteiger partial charge in [-0.15, -0.1) is 0 Å². The normalized spacial score (nSPS) is 12.2. The molecule has 0 radical (unpaired) electrons. The van der Waals surface area contributed by atoms with Crippen LogP contribution in [-0.2, 0) is 26.2 Å². The van der Waals surface area contributed by atoms with Gasteiger partial charge in [-0.25, -0.2) is 8.42 Å². The highest BCUT2D eigenvalue weighted by molar-refractivity contribution is 7.92.